The molecule has 0 fully saturated rings. The van der Waals surface area contributed by atoms with Crippen molar-refractivity contribution in [1.82, 2.24) is 14.5 Å². The van der Waals surface area contributed by atoms with Crippen molar-refractivity contribution in [2.45, 2.75) is 113 Å². The van der Waals surface area contributed by atoms with Crippen molar-refractivity contribution in [1.29, 1.82) is 0 Å². The third-order valence-electron chi connectivity index (χ3n) is 10.4. The lowest BCUT2D eigenvalue weighted by Gasteiger charge is -2.15. The zero-order valence-corrected chi connectivity index (χ0v) is 29.4. The van der Waals surface area contributed by atoms with E-state index in [2.05, 4.69) is 118 Å². The van der Waals surface area contributed by atoms with Crippen molar-refractivity contribution in [3.63, 3.8) is 0 Å². The van der Waals surface area contributed by atoms with Gasteiger partial charge in [0.2, 0.25) is 0 Å². The monoisotopic (exact) mass is 612 g/mol. The van der Waals surface area contributed by atoms with E-state index < -0.39 is 0 Å². The maximum atomic E-state index is 5.45. The van der Waals surface area contributed by atoms with Crippen LogP contribution < -0.4 is 10.7 Å². The molecule has 3 aromatic heterocycles. The van der Waals surface area contributed by atoms with Gasteiger partial charge in [0.15, 0.2) is 0 Å². The van der Waals surface area contributed by atoms with Gasteiger partial charge in [0.05, 0.1) is 17.1 Å². The largest absolute Gasteiger partial charge is 0.358 e. The summed E-state index contributed by atoms with van der Waals surface area (Å²) in [4.78, 5) is 13.3. The minimum absolute atomic E-state index is 0.869. The maximum Gasteiger partial charge on any atom is 0.0693 e. The molecule has 0 saturated heterocycles. The highest BCUT2D eigenvalue weighted by atomic mass is 15.0. The molecule has 0 saturated carbocycles. The Balaban J connectivity index is 1.80. The van der Waals surface area contributed by atoms with E-state index in [1.54, 1.807) is 0 Å². The zero-order valence-electron chi connectivity index (χ0n) is 29.4. The molecule has 6 rings (SSSR count). The van der Waals surface area contributed by atoms with Gasteiger partial charge in [-0.25, -0.2) is 4.99 Å². The number of aliphatic imine (C=N–C) groups is 1. The number of para-hydroxylation sites is 1. The molecule has 2 aliphatic heterocycles. The van der Waals surface area contributed by atoms with Crippen LogP contribution in [0.25, 0.3) is 23.9 Å². The van der Waals surface area contributed by atoms with Crippen molar-refractivity contribution in [3.8, 4) is 5.69 Å². The van der Waals surface area contributed by atoms with E-state index in [0.29, 0.717) is 0 Å². The number of hydrogen-bond acceptors (Lipinski definition) is 1. The van der Waals surface area contributed by atoms with E-state index >= 15 is 0 Å². The number of fused-ring (bicyclic) bond motifs is 7. The molecule has 1 aromatic carbocycles. The van der Waals surface area contributed by atoms with Crippen LogP contribution in [0.2, 0.25) is 0 Å². The van der Waals surface area contributed by atoms with Crippen LogP contribution in [0, 0.1) is 0 Å². The Bertz CT molecular complexity index is 1980. The molecule has 2 aliphatic rings. The van der Waals surface area contributed by atoms with Gasteiger partial charge in [-0.1, -0.05) is 73.6 Å². The van der Waals surface area contributed by atoms with Crippen LogP contribution in [-0.4, -0.2) is 20.2 Å². The standard InChI is InChI=1S/C42H52N4/c1-9-27-28(10-2)36-23-38-30(12-4)32(14-6)40(45-38)25-42-34(16-8)33(15-7)41(46(42)26-20-18-17-19-21-26)24-39-31(13-5)29(11-3)37(44-39)22-35(27)43-36/h17-24,43,45H,9-16,25H2,1-8H3/b35-22-,36-23-,39-24-. The number of aromatic nitrogens is 3. The van der Waals surface area contributed by atoms with Crippen LogP contribution in [0.15, 0.2) is 52.2 Å². The molecule has 0 spiro atoms. The van der Waals surface area contributed by atoms with Crippen LogP contribution in [0.5, 0.6) is 0 Å². The van der Waals surface area contributed by atoms with Gasteiger partial charge in [-0.05, 0) is 126 Å². The van der Waals surface area contributed by atoms with E-state index in [1.807, 2.05) is 0 Å². The van der Waals surface area contributed by atoms with Crippen molar-refractivity contribution in [2.24, 2.45) is 4.99 Å². The lowest BCUT2D eigenvalue weighted by atomic mass is 9.97. The van der Waals surface area contributed by atoms with Crippen LogP contribution in [0.3, 0.4) is 0 Å². The predicted molar refractivity (Wildman–Crippen MR) is 197 cm³/mol. The number of benzene rings is 1. The third kappa shape index (κ3) is 5.20. The Labute approximate surface area is 275 Å². The second-order valence-corrected chi connectivity index (χ2v) is 12.6. The summed E-state index contributed by atoms with van der Waals surface area (Å²) in [5, 5.41) is 2.43. The Morgan fingerprint density at radius 3 is 1.78 bits per heavy atom. The highest BCUT2D eigenvalue weighted by Gasteiger charge is 2.27. The van der Waals surface area contributed by atoms with Gasteiger partial charge in [0.1, 0.15) is 0 Å². The molecular weight excluding hydrogens is 560 g/mol. The Morgan fingerprint density at radius 1 is 0.587 bits per heavy atom. The fourth-order valence-corrected chi connectivity index (χ4v) is 8.38. The average molecular weight is 613 g/mol. The summed E-state index contributed by atoms with van der Waals surface area (Å²) in [7, 11) is 0. The summed E-state index contributed by atoms with van der Waals surface area (Å²) in [6.45, 7) is 18.4. The van der Waals surface area contributed by atoms with Gasteiger partial charge in [0.25, 0.3) is 0 Å². The van der Waals surface area contributed by atoms with Crippen LogP contribution in [-0.2, 0) is 44.9 Å². The van der Waals surface area contributed by atoms with Gasteiger partial charge in [-0.2, -0.15) is 0 Å². The molecule has 46 heavy (non-hydrogen) atoms. The number of nitrogens with zero attached hydrogens (tertiary/aromatic N) is 2. The lowest BCUT2D eigenvalue weighted by Crippen LogP contribution is -2.15. The molecule has 0 atom stereocenters. The SMILES string of the molecule is CCC1=C(CC)/C2=C/c3c(CC)c(CC)c(n3-c3ccccc3)Cc3[nH]c(c(CC)c3CC)/C=c3\[nH]/c(c(CC)c3CC)=C\C1=N2. The van der Waals surface area contributed by atoms with Crippen molar-refractivity contribution < 1.29 is 0 Å². The van der Waals surface area contributed by atoms with Gasteiger partial charge >= 0.3 is 0 Å². The van der Waals surface area contributed by atoms with Crippen LogP contribution in [0.4, 0.5) is 0 Å². The molecule has 2 N–H and O–H groups in total. The normalized spacial score (nSPS) is 17.0. The fraction of sp³-hybridized carbons (Fsp3) is 0.405. The summed E-state index contributed by atoms with van der Waals surface area (Å²) in [6, 6.07) is 11.0. The second-order valence-electron chi connectivity index (χ2n) is 12.6. The van der Waals surface area contributed by atoms with E-state index in [4.69, 9.17) is 4.99 Å². The van der Waals surface area contributed by atoms with Crippen molar-refractivity contribution in [2.75, 3.05) is 0 Å². The van der Waals surface area contributed by atoms with Crippen LogP contribution >= 0.6 is 0 Å². The van der Waals surface area contributed by atoms with E-state index in [9.17, 15) is 0 Å². The zero-order chi connectivity index (χ0) is 32.5. The van der Waals surface area contributed by atoms with Gasteiger partial charge in [-0.3, -0.25) is 0 Å². The smallest absolute Gasteiger partial charge is 0.0693 e. The Hall–Kier alpha value is -4.05. The maximum absolute atomic E-state index is 5.45. The number of nitrogens with one attached hydrogen (secondary N) is 2. The van der Waals surface area contributed by atoms with Crippen molar-refractivity contribution in [3.05, 3.63) is 114 Å². The molecule has 0 unspecified atom stereocenters. The van der Waals surface area contributed by atoms with Gasteiger partial charge in [-0.15, -0.1) is 0 Å². The number of aromatic amines is 2. The molecule has 0 amide bonds. The molecule has 4 nitrogen and oxygen atoms in total. The number of allylic oxidation sites excluding steroid dienone is 2. The average Bonchev–Trinajstić information content (AvgIpc) is 3.78. The molecule has 0 aliphatic carbocycles. The predicted octanol–water partition coefficient (Wildman–Crippen LogP) is 8.63. The van der Waals surface area contributed by atoms with Gasteiger partial charge < -0.3 is 14.5 Å². The van der Waals surface area contributed by atoms with Crippen LogP contribution in [0.1, 0.15) is 124 Å². The summed E-state index contributed by atoms with van der Waals surface area (Å²) >= 11 is 0. The van der Waals surface area contributed by atoms with E-state index in [1.165, 1.54) is 83.7 Å². The summed E-state index contributed by atoms with van der Waals surface area (Å²) in [6.07, 6.45) is 16.0. The quantitative estimate of drug-likeness (QED) is 0.190. The topological polar surface area (TPSA) is 48.9 Å². The first-order valence-corrected chi connectivity index (χ1v) is 18.0. The molecule has 0 radical (unpaired) electrons. The Morgan fingerprint density at radius 2 is 1.20 bits per heavy atom. The molecule has 240 valence electrons. The first-order valence-electron chi connectivity index (χ1n) is 18.0. The minimum atomic E-state index is 0.869. The summed E-state index contributed by atoms with van der Waals surface area (Å²) in [5.74, 6) is 0. The highest BCUT2D eigenvalue weighted by Crippen LogP contribution is 2.37. The second kappa shape index (κ2) is 13.4. The third-order valence-corrected chi connectivity index (χ3v) is 10.4. The van der Waals surface area contributed by atoms with Gasteiger partial charge in [0, 0.05) is 39.9 Å². The molecule has 5 heterocycles. The highest BCUT2D eigenvalue weighted by molar-refractivity contribution is 6.23. The fourth-order valence-electron chi connectivity index (χ4n) is 8.38. The molecular formula is C42H52N4. The lowest BCUT2D eigenvalue weighted by molar-refractivity contribution is 0.894. The van der Waals surface area contributed by atoms with Crippen molar-refractivity contribution >= 4 is 23.9 Å². The first-order chi connectivity index (χ1) is 22.5. The number of H-pyrrole nitrogens is 2. The van der Waals surface area contributed by atoms with E-state index in [-0.39, 0.29) is 0 Å². The number of hydrogen-bond donors (Lipinski definition) is 2. The Kier molecular flexibility index (Phi) is 9.27. The first kappa shape index (κ1) is 31.9. The molecule has 4 aromatic rings. The van der Waals surface area contributed by atoms with E-state index in [0.717, 1.165) is 69.2 Å². The molecule has 8 bridgehead atoms. The summed E-state index contributed by atoms with van der Waals surface area (Å²) in [5.41, 5.74) is 20.1. The minimum Gasteiger partial charge on any atom is -0.358 e. The molecule has 4 heteroatoms. The summed E-state index contributed by atoms with van der Waals surface area (Å²) < 4.78 is 2.56. The number of rotatable bonds is 9.